The molecule has 12 aromatic rings. The molecule has 0 atom stereocenters. The van der Waals surface area contributed by atoms with E-state index in [1.54, 1.807) is 0 Å². The Morgan fingerprint density at radius 1 is 0.259 bits per heavy atom. The first-order chi connectivity index (χ1) is 28.8. The van der Waals surface area contributed by atoms with Gasteiger partial charge in [-0.15, -0.1) is 0 Å². The van der Waals surface area contributed by atoms with E-state index < -0.39 is 0 Å². The van der Waals surface area contributed by atoms with Crippen LogP contribution in [0, 0.1) is 0 Å². The Morgan fingerprint density at radius 2 is 0.828 bits per heavy atom. The summed E-state index contributed by atoms with van der Waals surface area (Å²) >= 11 is 0. The zero-order chi connectivity index (χ0) is 37.9. The number of benzene rings is 10. The molecular weight excluding hydrogens is 701 g/mol. The molecule has 2 aromatic heterocycles. The topological polar surface area (TPSA) is 9.86 Å². The zero-order valence-corrected chi connectivity index (χ0v) is 31.5. The highest BCUT2D eigenvalue weighted by Crippen LogP contribution is 2.48. The lowest BCUT2D eigenvalue weighted by Gasteiger charge is -2.13. The molecule has 1 aliphatic carbocycles. The summed E-state index contributed by atoms with van der Waals surface area (Å²) in [6.07, 6.45) is 0. The zero-order valence-electron chi connectivity index (χ0n) is 31.5. The Morgan fingerprint density at radius 3 is 1.66 bits per heavy atom. The van der Waals surface area contributed by atoms with E-state index in [2.05, 4.69) is 215 Å². The van der Waals surface area contributed by atoms with E-state index in [0.717, 1.165) is 11.4 Å². The molecule has 13 rings (SSSR count). The van der Waals surface area contributed by atoms with Gasteiger partial charge in [0.05, 0.1) is 22.1 Å². The summed E-state index contributed by atoms with van der Waals surface area (Å²) in [5.74, 6) is 0. The standard InChI is InChI=1S/C56H34N2/c1-2-15-41(16-3-1)58-54-34-40(26-29-47(54)50-30-23-35-11-4-5-18-43(35)56(50)58)39-25-28-46-45-19-6-7-22-52(45)57(53(46)33-39)42-17-8-14-37(31-42)38-24-27-44-48-20-9-12-36-13-10-21-49(55(36)48)51(44)32-38/h1-34H. The third kappa shape index (κ3) is 4.43. The second-order valence-electron chi connectivity index (χ2n) is 15.7. The van der Waals surface area contributed by atoms with Gasteiger partial charge in [0.15, 0.2) is 0 Å². The highest BCUT2D eigenvalue weighted by atomic mass is 15.0. The first-order valence-corrected chi connectivity index (χ1v) is 20.1. The molecule has 0 bridgehead atoms. The largest absolute Gasteiger partial charge is 0.309 e. The van der Waals surface area contributed by atoms with E-state index in [1.807, 2.05) is 0 Å². The molecule has 0 radical (unpaired) electrons. The van der Waals surface area contributed by atoms with E-state index in [0.29, 0.717) is 0 Å². The lowest BCUT2D eigenvalue weighted by Crippen LogP contribution is -1.95. The van der Waals surface area contributed by atoms with Gasteiger partial charge in [-0.2, -0.15) is 0 Å². The average Bonchev–Trinajstić information content (AvgIpc) is 3.93. The minimum absolute atomic E-state index is 1.15. The molecule has 0 N–H and O–H groups in total. The van der Waals surface area contributed by atoms with Gasteiger partial charge in [0.1, 0.15) is 0 Å². The number of hydrogen-bond acceptors (Lipinski definition) is 0. The molecule has 0 aliphatic heterocycles. The number of nitrogens with zero attached hydrogens (tertiary/aromatic N) is 2. The number of para-hydroxylation sites is 2. The number of aromatic nitrogens is 2. The minimum atomic E-state index is 1.15. The van der Waals surface area contributed by atoms with Crippen molar-refractivity contribution in [2.75, 3.05) is 0 Å². The van der Waals surface area contributed by atoms with E-state index >= 15 is 0 Å². The molecule has 1 aliphatic rings. The van der Waals surface area contributed by atoms with Gasteiger partial charge in [-0.3, -0.25) is 0 Å². The Balaban J connectivity index is 0.986. The summed E-state index contributed by atoms with van der Waals surface area (Å²) in [5.41, 5.74) is 17.3. The van der Waals surface area contributed by atoms with Crippen LogP contribution in [0.1, 0.15) is 0 Å². The molecule has 2 nitrogen and oxygen atoms in total. The first kappa shape index (κ1) is 31.5. The Bertz CT molecular complexity index is 3670. The van der Waals surface area contributed by atoms with Crippen molar-refractivity contribution >= 4 is 65.2 Å². The number of fused-ring (bicyclic) bond motifs is 11. The molecule has 2 heterocycles. The monoisotopic (exact) mass is 734 g/mol. The Labute approximate surface area is 335 Å². The molecule has 268 valence electrons. The molecule has 10 aromatic carbocycles. The van der Waals surface area contributed by atoms with Crippen LogP contribution in [0.4, 0.5) is 0 Å². The van der Waals surface area contributed by atoms with Crippen LogP contribution >= 0.6 is 0 Å². The van der Waals surface area contributed by atoms with Crippen LogP contribution in [0.3, 0.4) is 0 Å². The van der Waals surface area contributed by atoms with Crippen LogP contribution < -0.4 is 0 Å². The predicted octanol–water partition coefficient (Wildman–Crippen LogP) is 15.2. The molecule has 58 heavy (non-hydrogen) atoms. The van der Waals surface area contributed by atoms with Crippen LogP contribution in [0.5, 0.6) is 0 Å². The van der Waals surface area contributed by atoms with Crippen LogP contribution in [-0.4, -0.2) is 9.13 Å². The maximum absolute atomic E-state index is 2.45. The third-order valence-electron chi connectivity index (χ3n) is 12.6. The van der Waals surface area contributed by atoms with Crippen LogP contribution in [-0.2, 0) is 0 Å². The van der Waals surface area contributed by atoms with Crippen molar-refractivity contribution in [3.05, 3.63) is 206 Å². The van der Waals surface area contributed by atoms with Crippen molar-refractivity contribution in [1.29, 1.82) is 0 Å². The van der Waals surface area contributed by atoms with Crippen molar-refractivity contribution in [3.8, 4) is 55.9 Å². The second-order valence-corrected chi connectivity index (χ2v) is 15.7. The SMILES string of the molecule is c1ccc(-n2c3cc(-c4ccc5c6ccccc6n(-c6cccc(-c7ccc8c(c7)-c7cccc9cccc-8c79)c6)c5c4)ccc3c3ccc4ccccc4c32)cc1. The second kappa shape index (κ2) is 11.9. The highest BCUT2D eigenvalue weighted by Gasteiger charge is 2.22. The Kier molecular flexibility index (Phi) is 6.47. The smallest absolute Gasteiger partial charge is 0.0619 e. The van der Waals surface area contributed by atoms with Gasteiger partial charge in [-0.1, -0.05) is 158 Å². The van der Waals surface area contributed by atoms with Crippen LogP contribution in [0.25, 0.3) is 121 Å². The molecule has 0 spiro atoms. The first-order valence-electron chi connectivity index (χ1n) is 20.1. The summed E-state index contributed by atoms with van der Waals surface area (Å²) < 4.78 is 4.91. The lowest BCUT2D eigenvalue weighted by molar-refractivity contribution is 1.18. The Hall–Kier alpha value is -7.68. The van der Waals surface area contributed by atoms with Crippen molar-refractivity contribution in [2.45, 2.75) is 0 Å². The van der Waals surface area contributed by atoms with Crippen molar-refractivity contribution in [1.82, 2.24) is 9.13 Å². The summed E-state index contributed by atoms with van der Waals surface area (Å²) in [6.45, 7) is 0. The average molecular weight is 735 g/mol. The maximum Gasteiger partial charge on any atom is 0.0619 e. The van der Waals surface area contributed by atoms with Gasteiger partial charge in [-0.05, 0) is 109 Å². The van der Waals surface area contributed by atoms with E-state index in [1.165, 1.54) is 110 Å². The van der Waals surface area contributed by atoms with Crippen LogP contribution in [0.2, 0.25) is 0 Å². The van der Waals surface area contributed by atoms with E-state index in [9.17, 15) is 0 Å². The molecule has 0 saturated heterocycles. The number of hydrogen-bond donors (Lipinski definition) is 0. The molecule has 2 heteroatoms. The van der Waals surface area contributed by atoms with Gasteiger partial charge in [0.2, 0.25) is 0 Å². The van der Waals surface area contributed by atoms with Crippen molar-refractivity contribution in [3.63, 3.8) is 0 Å². The quantitative estimate of drug-likeness (QED) is 0.170. The fraction of sp³-hybridized carbons (Fsp3) is 0. The molecular formula is C56H34N2. The third-order valence-corrected chi connectivity index (χ3v) is 12.6. The molecule has 0 unspecified atom stereocenters. The predicted molar refractivity (Wildman–Crippen MR) is 245 cm³/mol. The molecule has 0 amide bonds. The van der Waals surface area contributed by atoms with Gasteiger partial charge in [0, 0.05) is 38.3 Å². The molecule has 0 fully saturated rings. The normalized spacial score (nSPS) is 12.1. The maximum atomic E-state index is 2.45. The highest BCUT2D eigenvalue weighted by molar-refractivity contribution is 6.19. The van der Waals surface area contributed by atoms with Gasteiger partial charge >= 0.3 is 0 Å². The van der Waals surface area contributed by atoms with Crippen LogP contribution in [0.15, 0.2) is 206 Å². The summed E-state index contributed by atoms with van der Waals surface area (Å²) in [4.78, 5) is 0. The summed E-state index contributed by atoms with van der Waals surface area (Å²) in [5, 5.41) is 10.2. The van der Waals surface area contributed by atoms with Gasteiger partial charge in [-0.25, -0.2) is 0 Å². The fourth-order valence-electron chi connectivity index (χ4n) is 10.0. The van der Waals surface area contributed by atoms with Gasteiger partial charge in [0.25, 0.3) is 0 Å². The number of rotatable bonds is 4. The fourth-order valence-corrected chi connectivity index (χ4v) is 10.0. The lowest BCUT2D eigenvalue weighted by atomic mass is 9.97. The minimum Gasteiger partial charge on any atom is -0.309 e. The molecule has 0 saturated carbocycles. The van der Waals surface area contributed by atoms with Gasteiger partial charge < -0.3 is 9.13 Å². The summed E-state index contributed by atoms with van der Waals surface area (Å²) in [6, 6.07) is 76.3. The van der Waals surface area contributed by atoms with Crippen molar-refractivity contribution in [2.24, 2.45) is 0 Å². The summed E-state index contributed by atoms with van der Waals surface area (Å²) in [7, 11) is 0. The van der Waals surface area contributed by atoms with Crippen molar-refractivity contribution < 1.29 is 0 Å². The van der Waals surface area contributed by atoms with E-state index in [-0.39, 0.29) is 0 Å². The van der Waals surface area contributed by atoms with E-state index in [4.69, 9.17) is 0 Å².